The largest absolute Gasteiger partial charge is 0.497 e. The third kappa shape index (κ3) is 5.02. The minimum Gasteiger partial charge on any atom is -0.497 e. The van der Waals surface area contributed by atoms with E-state index in [1.165, 1.54) is 4.68 Å². The molecule has 186 valence electrons. The Hall–Kier alpha value is -3.59. The molecule has 8 heteroatoms. The number of hydrogen-bond acceptors (Lipinski definition) is 7. The molecular formula is C28H29N3O5. The van der Waals surface area contributed by atoms with E-state index in [1.54, 1.807) is 25.3 Å². The Morgan fingerprint density at radius 1 is 0.944 bits per heavy atom. The molecule has 1 saturated heterocycles. The molecule has 8 nitrogen and oxygen atoms in total. The summed E-state index contributed by atoms with van der Waals surface area (Å²) in [5.41, 5.74) is 3.70. The zero-order valence-electron chi connectivity index (χ0n) is 20.0. The molecule has 36 heavy (non-hydrogen) atoms. The van der Waals surface area contributed by atoms with Gasteiger partial charge in [-0.25, -0.2) is 4.68 Å². The van der Waals surface area contributed by atoms with E-state index < -0.39 is 12.4 Å². The number of rotatable bonds is 8. The van der Waals surface area contributed by atoms with E-state index in [0.29, 0.717) is 23.7 Å². The van der Waals surface area contributed by atoms with Crippen LogP contribution in [-0.4, -0.2) is 50.8 Å². The van der Waals surface area contributed by atoms with Crippen LogP contribution < -0.4 is 10.3 Å². The normalized spacial score (nSPS) is 21.6. The average molecular weight is 488 g/mol. The smallest absolute Gasteiger partial charge is 0.277 e. The summed E-state index contributed by atoms with van der Waals surface area (Å²) in [4.78, 5) is 12.7. The molecule has 5 rings (SSSR count). The highest BCUT2D eigenvalue weighted by Gasteiger charge is 2.42. The lowest BCUT2D eigenvalue weighted by Crippen LogP contribution is -2.31. The van der Waals surface area contributed by atoms with Gasteiger partial charge in [0.05, 0.1) is 18.6 Å². The van der Waals surface area contributed by atoms with Crippen LogP contribution in [0.25, 0.3) is 22.0 Å². The van der Waals surface area contributed by atoms with E-state index in [2.05, 4.69) is 34.6 Å². The van der Waals surface area contributed by atoms with Crippen molar-refractivity contribution in [2.75, 3.05) is 7.11 Å². The van der Waals surface area contributed by atoms with Crippen LogP contribution in [0.2, 0.25) is 0 Å². The molecule has 3 aromatic carbocycles. The van der Waals surface area contributed by atoms with Crippen LogP contribution in [0, 0.1) is 5.92 Å². The molecule has 0 radical (unpaired) electrons. The van der Waals surface area contributed by atoms with Crippen LogP contribution in [0.4, 0.5) is 0 Å². The maximum absolute atomic E-state index is 12.7. The second-order valence-corrected chi connectivity index (χ2v) is 9.11. The number of fused-ring (bicyclic) bond motifs is 1. The molecular weight excluding hydrogens is 458 g/mol. The molecule has 1 aliphatic heterocycles. The number of aryl methyl sites for hydroxylation is 2. The average Bonchev–Trinajstić information content (AvgIpc) is 3.19. The van der Waals surface area contributed by atoms with Crippen LogP contribution in [0.5, 0.6) is 5.75 Å². The van der Waals surface area contributed by atoms with Gasteiger partial charge in [0, 0.05) is 12.5 Å². The Kier molecular flexibility index (Phi) is 7.09. The van der Waals surface area contributed by atoms with E-state index in [1.807, 2.05) is 30.3 Å². The molecule has 0 saturated carbocycles. The highest BCUT2D eigenvalue weighted by molar-refractivity contribution is 5.76. The number of hydrogen-bond donors (Lipinski definition) is 2. The first kappa shape index (κ1) is 24.1. The van der Waals surface area contributed by atoms with Crippen molar-refractivity contribution in [3.8, 4) is 16.9 Å². The van der Waals surface area contributed by atoms with Crippen molar-refractivity contribution in [3.63, 3.8) is 0 Å². The van der Waals surface area contributed by atoms with Crippen molar-refractivity contribution >= 4 is 10.9 Å². The van der Waals surface area contributed by atoms with Gasteiger partial charge in [-0.2, -0.15) is 0 Å². The Morgan fingerprint density at radius 3 is 2.36 bits per heavy atom. The zero-order chi connectivity index (χ0) is 25.1. The standard InChI is InChI=1S/C28H29N3O5/c1-35-21-13-11-20(12-14-21)19-9-6-18(7-10-19)8-15-25-23(26(32)28(34)36-25)16-17-31-27(33)22-4-2-3-5-24(22)29-30-31/h2-7,9-14,23,25-26,28,32,34H,8,15-17H2,1H3/t23-,25-,26-,28+/m0/s1. The van der Waals surface area contributed by atoms with Crippen molar-refractivity contribution in [3.05, 3.63) is 88.7 Å². The van der Waals surface area contributed by atoms with Gasteiger partial charge in [0.1, 0.15) is 17.4 Å². The molecule has 4 aromatic rings. The van der Waals surface area contributed by atoms with Gasteiger partial charge in [0.25, 0.3) is 5.56 Å². The van der Waals surface area contributed by atoms with Gasteiger partial charge in [-0.15, -0.1) is 5.10 Å². The Morgan fingerprint density at radius 2 is 1.64 bits per heavy atom. The van der Waals surface area contributed by atoms with Crippen LogP contribution >= 0.6 is 0 Å². The molecule has 1 fully saturated rings. The van der Waals surface area contributed by atoms with Crippen LogP contribution in [0.3, 0.4) is 0 Å². The number of benzene rings is 3. The third-order valence-corrected chi connectivity index (χ3v) is 6.92. The quantitative estimate of drug-likeness (QED) is 0.393. The summed E-state index contributed by atoms with van der Waals surface area (Å²) in [7, 11) is 1.65. The van der Waals surface area contributed by atoms with Gasteiger partial charge in [0.15, 0.2) is 6.29 Å². The number of aliphatic hydroxyl groups is 2. The summed E-state index contributed by atoms with van der Waals surface area (Å²) in [6.07, 6.45) is -0.779. The van der Waals surface area contributed by atoms with E-state index in [-0.39, 0.29) is 24.1 Å². The predicted molar refractivity (Wildman–Crippen MR) is 136 cm³/mol. The van der Waals surface area contributed by atoms with Crippen LogP contribution in [-0.2, 0) is 17.7 Å². The van der Waals surface area contributed by atoms with Gasteiger partial charge in [-0.05, 0) is 60.2 Å². The molecule has 1 aliphatic rings. The molecule has 0 aliphatic carbocycles. The highest BCUT2D eigenvalue weighted by atomic mass is 16.6. The SMILES string of the molecule is COc1ccc(-c2ccc(CC[C@@H]3O[C@@H](O)[C@@H](O)[C@H]3CCn3nnc4ccccc4c3=O)cc2)cc1. The Bertz CT molecular complexity index is 1370. The van der Waals surface area contributed by atoms with Gasteiger partial charge >= 0.3 is 0 Å². The monoisotopic (exact) mass is 487 g/mol. The van der Waals surface area contributed by atoms with Crippen molar-refractivity contribution in [2.45, 2.75) is 44.3 Å². The topological polar surface area (TPSA) is 107 Å². The fourth-order valence-electron chi connectivity index (χ4n) is 4.83. The first-order valence-electron chi connectivity index (χ1n) is 12.1. The maximum Gasteiger partial charge on any atom is 0.277 e. The number of aliphatic hydroxyl groups excluding tert-OH is 2. The molecule has 0 unspecified atom stereocenters. The molecule has 2 heterocycles. The Balaban J connectivity index is 1.22. The minimum atomic E-state index is -1.24. The van der Waals surface area contributed by atoms with Crippen LogP contribution in [0.1, 0.15) is 18.4 Å². The minimum absolute atomic E-state index is 0.219. The molecule has 1 aromatic heterocycles. The lowest BCUT2D eigenvalue weighted by atomic mass is 9.90. The molecule has 0 spiro atoms. The van der Waals surface area contributed by atoms with E-state index in [4.69, 9.17) is 9.47 Å². The number of aromatic nitrogens is 3. The summed E-state index contributed by atoms with van der Waals surface area (Å²) < 4.78 is 12.2. The van der Waals surface area contributed by atoms with Crippen LogP contribution in [0.15, 0.2) is 77.6 Å². The zero-order valence-corrected chi connectivity index (χ0v) is 20.0. The summed E-state index contributed by atoms with van der Waals surface area (Å²) in [5, 5.41) is 29.3. The first-order valence-corrected chi connectivity index (χ1v) is 12.1. The van der Waals surface area contributed by atoms with Gasteiger partial charge in [-0.3, -0.25) is 4.79 Å². The van der Waals surface area contributed by atoms with Crippen molar-refractivity contribution in [1.82, 2.24) is 15.0 Å². The summed E-state index contributed by atoms with van der Waals surface area (Å²) in [6.45, 7) is 0.279. The predicted octanol–water partition coefficient (Wildman–Crippen LogP) is 3.18. The van der Waals surface area contributed by atoms with Gasteiger partial charge in [-0.1, -0.05) is 53.7 Å². The highest BCUT2D eigenvalue weighted by Crippen LogP contribution is 2.32. The van der Waals surface area contributed by atoms with Gasteiger partial charge in [0.2, 0.25) is 0 Å². The number of methoxy groups -OCH3 is 1. The van der Waals surface area contributed by atoms with Crippen molar-refractivity contribution in [2.24, 2.45) is 5.92 Å². The van der Waals surface area contributed by atoms with Crippen molar-refractivity contribution < 1.29 is 19.7 Å². The fourth-order valence-corrected chi connectivity index (χ4v) is 4.83. The second kappa shape index (κ2) is 10.6. The second-order valence-electron chi connectivity index (χ2n) is 9.11. The number of nitrogens with zero attached hydrogens (tertiary/aromatic N) is 3. The molecule has 2 N–H and O–H groups in total. The Labute approximate surface area is 208 Å². The lowest BCUT2D eigenvalue weighted by Gasteiger charge is -2.20. The summed E-state index contributed by atoms with van der Waals surface area (Å²) >= 11 is 0. The molecule has 4 atom stereocenters. The summed E-state index contributed by atoms with van der Waals surface area (Å²) in [6, 6.07) is 23.3. The van der Waals surface area contributed by atoms with Crippen molar-refractivity contribution in [1.29, 1.82) is 0 Å². The van der Waals surface area contributed by atoms with E-state index in [0.717, 1.165) is 28.9 Å². The maximum atomic E-state index is 12.7. The summed E-state index contributed by atoms with van der Waals surface area (Å²) in [5.74, 6) is 0.502. The van der Waals surface area contributed by atoms with Gasteiger partial charge < -0.3 is 19.7 Å². The van der Waals surface area contributed by atoms with E-state index >= 15 is 0 Å². The fraction of sp³-hybridized carbons (Fsp3) is 0.321. The molecule has 0 bridgehead atoms. The first-order chi connectivity index (χ1) is 17.5. The molecule has 0 amide bonds. The van der Waals surface area contributed by atoms with E-state index in [9.17, 15) is 15.0 Å². The number of ether oxygens (including phenoxy) is 2. The third-order valence-electron chi connectivity index (χ3n) is 6.92. The lowest BCUT2D eigenvalue weighted by molar-refractivity contribution is -0.127.